The zero-order valence-electron chi connectivity index (χ0n) is 10.2. The second-order valence-corrected chi connectivity index (χ2v) is 5.14. The molecule has 0 unspecified atom stereocenters. The standard InChI is InChI=1S/C12H20F3NO/c1-16(8-7-12(13,14)15)9-11(10-17)5-3-2-4-6-11/h10H,2-9H2,1H3. The minimum atomic E-state index is -4.12. The van der Waals surface area contributed by atoms with Crippen LogP contribution in [0.5, 0.6) is 0 Å². The smallest absolute Gasteiger partial charge is 0.305 e. The van der Waals surface area contributed by atoms with Crippen molar-refractivity contribution in [1.29, 1.82) is 0 Å². The van der Waals surface area contributed by atoms with Gasteiger partial charge in [-0.3, -0.25) is 0 Å². The van der Waals surface area contributed by atoms with Crippen LogP contribution in [0.1, 0.15) is 38.5 Å². The highest BCUT2D eigenvalue weighted by atomic mass is 19.4. The van der Waals surface area contributed by atoms with Crippen LogP contribution < -0.4 is 0 Å². The van der Waals surface area contributed by atoms with Crippen LogP contribution >= 0.6 is 0 Å². The lowest BCUT2D eigenvalue weighted by atomic mass is 9.75. The molecule has 100 valence electrons. The first kappa shape index (κ1) is 14.5. The van der Waals surface area contributed by atoms with Gasteiger partial charge in [-0.25, -0.2) is 0 Å². The van der Waals surface area contributed by atoms with Gasteiger partial charge in [-0.2, -0.15) is 13.2 Å². The first-order chi connectivity index (χ1) is 7.87. The van der Waals surface area contributed by atoms with E-state index in [2.05, 4.69) is 0 Å². The van der Waals surface area contributed by atoms with Gasteiger partial charge in [-0.05, 0) is 19.9 Å². The summed E-state index contributed by atoms with van der Waals surface area (Å²) in [5, 5.41) is 0. The van der Waals surface area contributed by atoms with Gasteiger partial charge in [0.15, 0.2) is 0 Å². The van der Waals surface area contributed by atoms with Crippen molar-refractivity contribution in [3.63, 3.8) is 0 Å². The van der Waals surface area contributed by atoms with E-state index in [1.807, 2.05) is 0 Å². The maximum Gasteiger partial charge on any atom is 0.390 e. The number of hydrogen-bond donors (Lipinski definition) is 0. The fraction of sp³-hybridized carbons (Fsp3) is 0.917. The van der Waals surface area contributed by atoms with Crippen molar-refractivity contribution in [3.05, 3.63) is 0 Å². The highest BCUT2D eigenvalue weighted by Crippen LogP contribution is 2.35. The summed E-state index contributed by atoms with van der Waals surface area (Å²) in [5.74, 6) is 0. The molecule has 1 aliphatic carbocycles. The van der Waals surface area contributed by atoms with E-state index < -0.39 is 18.0 Å². The van der Waals surface area contributed by atoms with Gasteiger partial charge in [0.1, 0.15) is 6.29 Å². The SMILES string of the molecule is CN(CCC(F)(F)F)CC1(C=O)CCCCC1. The van der Waals surface area contributed by atoms with Gasteiger partial charge in [-0.1, -0.05) is 19.3 Å². The fourth-order valence-electron chi connectivity index (χ4n) is 2.50. The summed E-state index contributed by atoms with van der Waals surface area (Å²) in [4.78, 5) is 12.8. The summed E-state index contributed by atoms with van der Waals surface area (Å²) in [6.45, 7) is 0.422. The van der Waals surface area contributed by atoms with Crippen molar-refractivity contribution in [2.75, 3.05) is 20.1 Å². The first-order valence-electron chi connectivity index (χ1n) is 6.09. The molecular formula is C12H20F3NO. The number of halogens is 3. The second kappa shape index (κ2) is 5.85. The second-order valence-electron chi connectivity index (χ2n) is 5.14. The average molecular weight is 251 g/mol. The van der Waals surface area contributed by atoms with Crippen molar-refractivity contribution in [1.82, 2.24) is 4.90 Å². The minimum Gasteiger partial charge on any atom is -0.305 e. The molecule has 0 spiro atoms. The van der Waals surface area contributed by atoms with Crippen molar-refractivity contribution in [2.24, 2.45) is 5.41 Å². The number of carbonyl (C=O) groups is 1. The van der Waals surface area contributed by atoms with Crippen LogP contribution in [0.2, 0.25) is 0 Å². The maximum absolute atomic E-state index is 12.1. The monoisotopic (exact) mass is 251 g/mol. The van der Waals surface area contributed by atoms with Gasteiger partial charge in [0, 0.05) is 18.5 Å². The highest BCUT2D eigenvalue weighted by Gasteiger charge is 2.34. The molecule has 0 radical (unpaired) electrons. The predicted molar refractivity (Wildman–Crippen MR) is 59.8 cm³/mol. The van der Waals surface area contributed by atoms with Crippen molar-refractivity contribution in [3.8, 4) is 0 Å². The third-order valence-electron chi connectivity index (χ3n) is 3.46. The molecule has 1 fully saturated rings. The summed E-state index contributed by atoms with van der Waals surface area (Å²) in [7, 11) is 1.66. The number of carbonyl (C=O) groups excluding carboxylic acids is 1. The molecule has 0 bridgehead atoms. The molecule has 0 aliphatic heterocycles. The molecule has 1 rings (SSSR count). The Balaban J connectivity index is 2.42. The lowest BCUT2D eigenvalue weighted by Gasteiger charge is -2.35. The van der Waals surface area contributed by atoms with Crippen LogP contribution in [-0.2, 0) is 4.79 Å². The van der Waals surface area contributed by atoms with E-state index in [1.165, 1.54) is 0 Å². The molecule has 0 saturated heterocycles. The van der Waals surface area contributed by atoms with Crippen LogP contribution in [-0.4, -0.2) is 37.5 Å². The minimum absolute atomic E-state index is 0.0287. The zero-order valence-corrected chi connectivity index (χ0v) is 10.2. The zero-order chi connectivity index (χ0) is 12.9. The lowest BCUT2D eigenvalue weighted by Crippen LogP contribution is -2.39. The predicted octanol–water partition coefficient (Wildman–Crippen LogP) is 3.02. The Labute approximate surface area is 100 Å². The molecule has 1 aliphatic rings. The molecule has 0 aromatic carbocycles. The van der Waals surface area contributed by atoms with Crippen molar-refractivity contribution in [2.45, 2.75) is 44.7 Å². The number of rotatable bonds is 5. The summed E-state index contributed by atoms with van der Waals surface area (Å²) in [5.41, 5.74) is -0.404. The van der Waals surface area contributed by atoms with Gasteiger partial charge in [-0.15, -0.1) is 0 Å². The molecule has 0 aromatic rings. The molecule has 0 N–H and O–H groups in total. The summed E-state index contributed by atoms with van der Waals surface area (Å²) < 4.78 is 36.2. The van der Waals surface area contributed by atoms with Crippen LogP contribution in [0.15, 0.2) is 0 Å². The van der Waals surface area contributed by atoms with E-state index >= 15 is 0 Å². The first-order valence-corrected chi connectivity index (χ1v) is 6.09. The molecule has 5 heteroatoms. The van der Waals surface area contributed by atoms with E-state index in [4.69, 9.17) is 0 Å². The van der Waals surface area contributed by atoms with E-state index in [0.717, 1.165) is 38.4 Å². The number of nitrogens with zero attached hydrogens (tertiary/aromatic N) is 1. The van der Waals surface area contributed by atoms with Crippen LogP contribution in [0, 0.1) is 5.41 Å². The third-order valence-corrected chi connectivity index (χ3v) is 3.46. The Morgan fingerprint density at radius 3 is 2.29 bits per heavy atom. The number of hydrogen-bond acceptors (Lipinski definition) is 2. The molecular weight excluding hydrogens is 231 g/mol. The quantitative estimate of drug-likeness (QED) is 0.700. The molecule has 0 heterocycles. The van der Waals surface area contributed by atoms with Crippen LogP contribution in [0.25, 0.3) is 0 Å². The number of alkyl halides is 3. The van der Waals surface area contributed by atoms with E-state index in [-0.39, 0.29) is 6.54 Å². The Hall–Kier alpha value is -0.580. The van der Waals surface area contributed by atoms with Gasteiger partial charge < -0.3 is 9.69 Å². The van der Waals surface area contributed by atoms with E-state index in [1.54, 1.807) is 11.9 Å². The number of aldehydes is 1. The molecule has 1 saturated carbocycles. The van der Waals surface area contributed by atoms with Gasteiger partial charge in [0.25, 0.3) is 0 Å². The Morgan fingerprint density at radius 1 is 1.24 bits per heavy atom. The lowest BCUT2D eigenvalue weighted by molar-refractivity contribution is -0.138. The molecule has 0 amide bonds. The van der Waals surface area contributed by atoms with Crippen molar-refractivity contribution >= 4 is 6.29 Å². The normalized spacial score (nSPS) is 20.5. The fourth-order valence-corrected chi connectivity index (χ4v) is 2.50. The summed E-state index contributed by atoms with van der Waals surface area (Å²) >= 11 is 0. The Morgan fingerprint density at radius 2 is 1.82 bits per heavy atom. The van der Waals surface area contributed by atoms with Gasteiger partial charge in [0.2, 0.25) is 0 Å². The summed E-state index contributed by atoms with van der Waals surface area (Å²) in [6.07, 6.45) is 0.795. The highest BCUT2D eigenvalue weighted by molar-refractivity contribution is 5.60. The van der Waals surface area contributed by atoms with Crippen LogP contribution in [0.4, 0.5) is 13.2 Å². The molecule has 0 aromatic heterocycles. The third kappa shape index (κ3) is 5.06. The molecule has 0 atom stereocenters. The van der Waals surface area contributed by atoms with Crippen molar-refractivity contribution < 1.29 is 18.0 Å². The Kier molecular flexibility index (Phi) is 4.98. The average Bonchev–Trinajstić information content (AvgIpc) is 2.27. The van der Waals surface area contributed by atoms with Gasteiger partial charge in [0.05, 0.1) is 6.42 Å². The van der Waals surface area contributed by atoms with Crippen LogP contribution in [0.3, 0.4) is 0 Å². The summed E-state index contributed by atoms with van der Waals surface area (Å²) in [6, 6.07) is 0. The van der Waals surface area contributed by atoms with Gasteiger partial charge >= 0.3 is 6.18 Å². The van der Waals surface area contributed by atoms with E-state index in [9.17, 15) is 18.0 Å². The Bertz CT molecular complexity index is 247. The molecule has 17 heavy (non-hydrogen) atoms. The maximum atomic E-state index is 12.1. The molecule has 2 nitrogen and oxygen atoms in total. The van der Waals surface area contributed by atoms with E-state index in [0.29, 0.717) is 6.54 Å². The largest absolute Gasteiger partial charge is 0.390 e. The topological polar surface area (TPSA) is 20.3 Å².